The summed E-state index contributed by atoms with van der Waals surface area (Å²) in [5, 5.41) is 0. The number of nitrogens with two attached hydrogens (primary N) is 1. The molecule has 0 bridgehead atoms. The number of Topliss-reactive ketones (excluding diaryl/α,β-unsaturated/α-hetero) is 1. The second-order valence-corrected chi connectivity index (χ2v) is 2.03. The third-order valence-electron chi connectivity index (χ3n) is 1.05. The topological polar surface area (TPSA) is 96.6 Å². The van der Waals surface area contributed by atoms with Gasteiger partial charge < -0.3 is 11.3 Å². The Morgan fingerprint density at radius 2 is 2.09 bits per heavy atom. The predicted octanol–water partition coefficient (Wildman–Crippen LogP) is -0.488. The van der Waals surface area contributed by atoms with E-state index in [4.69, 9.17) is 11.3 Å². The van der Waals surface area contributed by atoms with Crippen LogP contribution >= 0.6 is 0 Å². The van der Waals surface area contributed by atoms with Gasteiger partial charge in [-0.2, -0.15) is 4.79 Å². The van der Waals surface area contributed by atoms with Crippen molar-refractivity contribution in [2.24, 2.45) is 5.73 Å². The Morgan fingerprint density at radius 1 is 1.45 bits per heavy atom. The lowest BCUT2D eigenvalue weighted by molar-refractivity contribution is -0.118. The zero-order valence-corrected chi connectivity index (χ0v) is 5.99. The average molecular weight is 155 g/mol. The molecular formula is C6H9N3O2. The Bertz CT molecular complexity index is 206. The molecule has 0 radical (unpaired) electrons. The molecule has 0 heterocycles. The van der Waals surface area contributed by atoms with Gasteiger partial charge in [0.25, 0.3) is 0 Å². The largest absolute Gasteiger partial charge is 0.370 e. The maximum atomic E-state index is 10.6. The number of amides is 1. The number of carbonyl (C=O) groups is 2. The maximum absolute atomic E-state index is 10.6. The van der Waals surface area contributed by atoms with Gasteiger partial charge in [0.05, 0.1) is 0 Å². The van der Waals surface area contributed by atoms with E-state index in [-0.39, 0.29) is 18.6 Å². The van der Waals surface area contributed by atoms with Gasteiger partial charge in [0.15, 0.2) is 0 Å². The Hall–Kier alpha value is -1.48. The zero-order valence-electron chi connectivity index (χ0n) is 5.99. The van der Waals surface area contributed by atoms with Gasteiger partial charge in [-0.1, -0.05) is 0 Å². The van der Waals surface area contributed by atoms with Gasteiger partial charge in [0.2, 0.25) is 11.7 Å². The molecule has 0 spiro atoms. The molecule has 0 rings (SSSR count). The van der Waals surface area contributed by atoms with Crippen LogP contribution in [0.3, 0.4) is 0 Å². The smallest absolute Gasteiger partial charge is 0.323 e. The summed E-state index contributed by atoms with van der Waals surface area (Å²) < 4.78 is 0. The first kappa shape index (κ1) is 9.52. The van der Waals surface area contributed by atoms with Gasteiger partial charge in [-0.05, 0) is 6.42 Å². The molecule has 2 N–H and O–H groups in total. The number of hydrogen-bond acceptors (Lipinski definition) is 2. The summed E-state index contributed by atoms with van der Waals surface area (Å²) in [6.07, 6.45) is 1.58. The van der Waals surface area contributed by atoms with E-state index in [1.807, 2.05) is 0 Å². The molecule has 0 saturated carbocycles. The number of ketones is 1. The van der Waals surface area contributed by atoms with E-state index in [1.165, 1.54) is 0 Å². The number of hydrogen-bond donors (Lipinski definition) is 1. The zero-order chi connectivity index (χ0) is 8.69. The lowest BCUT2D eigenvalue weighted by Crippen LogP contribution is -2.11. The van der Waals surface area contributed by atoms with Crippen molar-refractivity contribution in [3.63, 3.8) is 0 Å². The van der Waals surface area contributed by atoms with E-state index in [0.717, 1.165) is 6.21 Å². The van der Waals surface area contributed by atoms with Crippen LogP contribution in [0.5, 0.6) is 0 Å². The molecule has 0 aromatic heterocycles. The Labute approximate surface area is 63.8 Å². The third kappa shape index (κ3) is 6.40. The van der Waals surface area contributed by atoms with E-state index in [9.17, 15) is 9.59 Å². The normalized spacial score (nSPS) is 8.36. The molecule has 0 aliphatic rings. The van der Waals surface area contributed by atoms with Gasteiger partial charge >= 0.3 is 6.21 Å². The van der Waals surface area contributed by atoms with Crippen LogP contribution in [0, 0.1) is 0 Å². The molecule has 0 atom stereocenters. The minimum atomic E-state index is -0.432. The molecule has 0 fully saturated rings. The van der Waals surface area contributed by atoms with Gasteiger partial charge in [0.1, 0.15) is 0 Å². The van der Waals surface area contributed by atoms with Crippen LogP contribution in [0.15, 0.2) is 0 Å². The quantitative estimate of drug-likeness (QED) is 0.329. The second kappa shape index (κ2) is 5.32. The molecule has 0 aromatic carbocycles. The highest BCUT2D eigenvalue weighted by atomic mass is 16.1. The van der Waals surface area contributed by atoms with Gasteiger partial charge in [-0.15, -0.1) is 0 Å². The van der Waals surface area contributed by atoms with Crippen LogP contribution in [0.25, 0.3) is 5.53 Å². The molecule has 0 aromatic rings. The SMILES string of the molecule is [N-]=[N+]=CC(=O)CCCC(N)=O. The fourth-order valence-electron chi connectivity index (χ4n) is 0.566. The first-order valence-corrected chi connectivity index (χ1v) is 3.15. The van der Waals surface area contributed by atoms with Gasteiger partial charge in [0, 0.05) is 12.8 Å². The summed E-state index contributed by atoms with van der Waals surface area (Å²) in [6, 6.07) is 0. The van der Waals surface area contributed by atoms with Crippen molar-refractivity contribution in [2.75, 3.05) is 0 Å². The van der Waals surface area contributed by atoms with Crippen molar-refractivity contribution in [2.45, 2.75) is 19.3 Å². The van der Waals surface area contributed by atoms with E-state index < -0.39 is 5.91 Å². The number of nitrogens with zero attached hydrogens (tertiary/aromatic N) is 2. The van der Waals surface area contributed by atoms with Crippen molar-refractivity contribution >= 4 is 17.9 Å². The monoisotopic (exact) mass is 155 g/mol. The third-order valence-corrected chi connectivity index (χ3v) is 1.05. The molecule has 5 heteroatoms. The minimum absolute atomic E-state index is 0.186. The van der Waals surface area contributed by atoms with Crippen molar-refractivity contribution in [3.05, 3.63) is 5.53 Å². The number of primary amides is 1. The highest BCUT2D eigenvalue weighted by Gasteiger charge is 2.02. The van der Waals surface area contributed by atoms with E-state index in [1.54, 1.807) is 0 Å². The predicted molar refractivity (Wildman–Crippen MR) is 37.7 cm³/mol. The Balaban J connectivity index is 3.47. The summed E-state index contributed by atoms with van der Waals surface area (Å²) in [5.74, 6) is -0.743. The van der Waals surface area contributed by atoms with E-state index >= 15 is 0 Å². The molecule has 0 saturated heterocycles. The van der Waals surface area contributed by atoms with Gasteiger partial charge in [-0.25, -0.2) is 0 Å². The summed E-state index contributed by atoms with van der Waals surface area (Å²) in [5.41, 5.74) is 12.7. The van der Waals surface area contributed by atoms with Crippen LogP contribution < -0.4 is 5.73 Å². The van der Waals surface area contributed by atoms with Crippen LogP contribution in [-0.4, -0.2) is 22.7 Å². The van der Waals surface area contributed by atoms with Crippen LogP contribution in [0.4, 0.5) is 0 Å². The molecule has 5 nitrogen and oxygen atoms in total. The van der Waals surface area contributed by atoms with Crippen LogP contribution in [0.1, 0.15) is 19.3 Å². The molecular weight excluding hydrogens is 146 g/mol. The van der Waals surface area contributed by atoms with E-state index in [2.05, 4.69) is 4.79 Å². The molecule has 0 unspecified atom stereocenters. The first-order valence-electron chi connectivity index (χ1n) is 3.15. The van der Waals surface area contributed by atoms with Crippen molar-refractivity contribution in [1.29, 1.82) is 0 Å². The summed E-state index contributed by atoms with van der Waals surface area (Å²) in [7, 11) is 0. The number of carbonyl (C=O) groups excluding carboxylic acids is 2. The number of rotatable bonds is 5. The summed E-state index contributed by atoms with van der Waals surface area (Å²) in [4.78, 5) is 23.3. The average Bonchev–Trinajstić information content (AvgIpc) is 1.87. The van der Waals surface area contributed by atoms with Crippen LogP contribution in [0.2, 0.25) is 0 Å². The second-order valence-electron chi connectivity index (χ2n) is 2.03. The van der Waals surface area contributed by atoms with Crippen LogP contribution in [-0.2, 0) is 9.59 Å². The Morgan fingerprint density at radius 3 is 2.55 bits per heavy atom. The van der Waals surface area contributed by atoms with Crippen molar-refractivity contribution < 1.29 is 14.4 Å². The highest BCUT2D eigenvalue weighted by molar-refractivity contribution is 6.25. The molecule has 11 heavy (non-hydrogen) atoms. The van der Waals surface area contributed by atoms with E-state index in [0.29, 0.717) is 6.42 Å². The first-order chi connectivity index (χ1) is 5.16. The molecule has 0 aliphatic carbocycles. The Kier molecular flexibility index (Phi) is 4.60. The molecule has 1 amide bonds. The lowest BCUT2D eigenvalue weighted by atomic mass is 10.2. The minimum Gasteiger partial charge on any atom is -0.370 e. The van der Waals surface area contributed by atoms with Crippen molar-refractivity contribution in [3.8, 4) is 0 Å². The fraction of sp³-hybridized carbons (Fsp3) is 0.500. The fourth-order valence-corrected chi connectivity index (χ4v) is 0.566. The standard InChI is InChI=1S/C6H9N3O2/c7-6(11)3-1-2-5(10)4-9-8/h4H,1-3H2,(H2,7,11). The lowest BCUT2D eigenvalue weighted by Gasteiger charge is -1.89. The maximum Gasteiger partial charge on any atom is 0.323 e. The van der Waals surface area contributed by atoms with Crippen molar-refractivity contribution in [1.82, 2.24) is 0 Å². The molecule has 0 aliphatic heterocycles. The summed E-state index contributed by atoms with van der Waals surface area (Å²) >= 11 is 0. The van der Waals surface area contributed by atoms with Gasteiger partial charge in [-0.3, -0.25) is 9.59 Å². The molecule has 60 valence electrons. The summed E-state index contributed by atoms with van der Waals surface area (Å²) in [6.45, 7) is 0. The highest BCUT2D eigenvalue weighted by Crippen LogP contribution is 1.93.